The summed E-state index contributed by atoms with van der Waals surface area (Å²) in [6.45, 7) is 1.07. The number of sulfonamides is 1. The lowest BCUT2D eigenvalue weighted by Crippen LogP contribution is -2.35. The first-order valence-electron chi connectivity index (χ1n) is 7.97. The Bertz CT molecular complexity index is 888. The number of phenolic OH excluding ortho intramolecular Hbond substituents is 1. The van der Waals surface area contributed by atoms with Crippen LogP contribution in [-0.2, 0) is 10.0 Å². The fraction of sp³-hybridized carbons (Fsp3) is 0.294. The molecule has 0 radical (unpaired) electrons. The number of nitrogens with zero attached hydrogens (tertiary/aromatic N) is 2. The Morgan fingerprint density at radius 2 is 1.56 bits per heavy atom. The molecule has 0 saturated carbocycles. The van der Waals surface area contributed by atoms with Gasteiger partial charge in [0.05, 0.1) is 9.82 Å². The molecule has 2 aromatic rings. The highest BCUT2D eigenvalue weighted by Gasteiger charge is 2.25. The van der Waals surface area contributed by atoms with Gasteiger partial charge in [0.1, 0.15) is 0 Å². The highest BCUT2D eigenvalue weighted by Crippen LogP contribution is 2.32. The maximum Gasteiger partial charge on any atom is 0.311 e. The summed E-state index contributed by atoms with van der Waals surface area (Å²) in [6.07, 6.45) is 2.79. The van der Waals surface area contributed by atoms with Gasteiger partial charge in [-0.05, 0) is 42.2 Å². The van der Waals surface area contributed by atoms with Crippen molar-refractivity contribution in [1.29, 1.82) is 0 Å². The van der Waals surface area contributed by atoms with Gasteiger partial charge in [-0.1, -0.05) is 24.6 Å². The second-order valence-electron chi connectivity index (χ2n) is 5.95. The molecule has 7 nitrogen and oxygen atoms in total. The quantitative estimate of drug-likeness (QED) is 0.665. The van der Waals surface area contributed by atoms with Gasteiger partial charge in [0.15, 0.2) is 5.75 Å². The molecule has 132 valence electrons. The van der Waals surface area contributed by atoms with Gasteiger partial charge in [-0.15, -0.1) is 0 Å². The summed E-state index contributed by atoms with van der Waals surface area (Å²) in [5.41, 5.74) is 0.787. The van der Waals surface area contributed by atoms with Crippen LogP contribution in [-0.4, -0.2) is 35.8 Å². The third-order valence-electron chi connectivity index (χ3n) is 4.31. The van der Waals surface area contributed by atoms with Gasteiger partial charge in [-0.2, -0.15) is 4.31 Å². The number of hydrogen-bond acceptors (Lipinski definition) is 5. The van der Waals surface area contributed by atoms with E-state index in [0.717, 1.165) is 19.3 Å². The molecule has 0 aromatic heterocycles. The highest BCUT2D eigenvalue weighted by molar-refractivity contribution is 7.89. The SMILES string of the molecule is O=[N+]([O-])c1cc(-c2ccc(S(=O)(=O)N3CCCCC3)cc2)ccc1O. The lowest BCUT2D eigenvalue weighted by molar-refractivity contribution is -0.385. The van der Waals surface area contributed by atoms with Crippen molar-refractivity contribution in [3.63, 3.8) is 0 Å². The van der Waals surface area contributed by atoms with Crippen molar-refractivity contribution < 1.29 is 18.4 Å². The molecule has 3 rings (SSSR count). The molecule has 1 aliphatic heterocycles. The van der Waals surface area contributed by atoms with Crippen molar-refractivity contribution >= 4 is 15.7 Å². The van der Waals surface area contributed by atoms with Crippen LogP contribution in [0.15, 0.2) is 47.4 Å². The van der Waals surface area contributed by atoms with Crippen molar-refractivity contribution in [3.8, 4) is 16.9 Å². The molecule has 2 aromatic carbocycles. The zero-order valence-corrected chi connectivity index (χ0v) is 14.3. The Balaban J connectivity index is 1.90. The fourth-order valence-electron chi connectivity index (χ4n) is 2.92. The number of piperidine rings is 1. The molecule has 25 heavy (non-hydrogen) atoms. The number of hydrogen-bond donors (Lipinski definition) is 1. The summed E-state index contributed by atoms with van der Waals surface area (Å²) in [7, 11) is -3.50. The van der Waals surface area contributed by atoms with E-state index in [2.05, 4.69) is 0 Å². The molecule has 0 amide bonds. The predicted molar refractivity (Wildman–Crippen MR) is 92.8 cm³/mol. The number of phenols is 1. The molecule has 0 unspecified atom stereocenters. The molecule has 0 aliphatic carbocycles. The monoisotopic (exact) mass is 362 g/mol. The first kappa shape index (κ1) is 17.4. The molecule has 0 spiro atoms. The Kier molecular flexibility index (Phi) is 4.73. The fourth-order valence-corrected chi connectivity index (χ4v) is 4.44. The largest absolute Gasteiger partial charge is 0.502 e. The minimum atomic E-state index is -3.50. The van der Waals surface area contributed by atoms with Crippen molar-refractivity contribution in [3.05, 3.63) is 52.6 Å². The summed E-state index contributed by atoms with van der Waals surface area (Å²) in [4.78, 5) is 10.5. The summed E-state index contributed by atoms with van der Waals surface area (Å²) >= 11 is 0. The molecule has 1 N–H and O–H groups in total. The second-order valence-corrected chi connectivity index (χ2v) is 7.89. The first-order chi connectivity index (χ1) is 11.9. The molecule has 0 atom stereocenters. The van der Waals surface area contributed by atoms with Gasteiger partial charge in [0.2, 0.25) is 10.0 Å². The molecule has 1 fully saturated rings. The summed E-state index contributed by atoms with van der Waals surface area (Å²) in [5.74, 6) is -0.405. The Morgan fingerprint density at radius 3 is 2.16 bits per heavy atom. The van der Waals surface area contributed by atoms with Gasteiger partial charge in [0.25, 0.3) is 0 Å². The number of aromatic hydroxyl groups is 1. The summed E-state index contributed by atoms with van der Waals surface area (Å²) in [6, 6.07) is 10.3. The highest BCUT2D eigenvalue weighted by atomic mass is 32.2. The van der Waals surface area contributed by atoms with Crippen LogP contribution in [0.25, 0.3) is 11.1 Å². The van der Waals surface area contributed by atoms with Gasteiger partial charge in [-0.25, -0.2) is 8.42 Å². The molecule has 1 aliphatic rings. The van der Waals surface area contributed by atoms with Crippen LogP contribution in [0.4, 0.5) is 5.69 Å². The number of rotatable bonds is 4. The first-order valence-corrected chi connectivity index (χ1v) is 9.41. The van der Waals surface area contributed by atoms with E-state index in [1.54, 1.807) is 18.2 Å². The Hall–Kier alpha value is -2.45. The van der Waals surface area contributed by atoms with E-state index in [9.17, 15) is 23.6 Å². The molecule has 1 heterocycles. The van der Waals surface area contributed by atoms with Crippen LogP contribution in [0.5, 0.6) is 5.75 Å². The van der Waals surface area contributed by atoms with Crippen molar-refractivity contribution in [2.75, 3.05) is 13.1 Å². The molecule has 0 bridgehead atoms. The maximum absolute atomic E-state index is 12.6. The van der Waals surface area contributed by atoms with Crippen LogP contribution < -0.4 is 0 Å². The van der Waals surface area contributed by atoms with Crippen LogP contribution in [0.2, 0.25) is 0 Å². The zero-order valence-electron chi connectivity index (χ0n) is 13.5. The number of nitro benzene ring substituents is 1. The van der Waals surface area contributed by atoms with E-state index in [1.165, 1.54) is 28.6 Å². The van der Waals surface area contributed by atoms with E-state index in [0.29, 0.717) is 24.2 Å². The number of benzene rings is 2. The van der Waals surface area contributed by atoms with Crippen LogP contribution in [0.3, 0.4) is 0 Å². The minimum absolute atomic E-state index is 0.214. The van der Waals surface area contributed by atoms with Crippen molar-refractivity contribution in [2.45, 2.75) is 24.2 Å². The van der Waals surface area contributed by atoms with E-state index in [-0.39, 0.29) is 10.6 Å². The number of nitro groups is 1. The zero-order chi connectivity index (χ0) is 18.0. The predicted octanol–water partition coefficient (Wildman–Crippen LogP) is 3.14. The van der Waals surface area contributed by atoms with E-state index < -0.39 is 20.7 Å². The standard InChI is InChI=1S/C17H18N2O5S/c20-17-9-6-14(12-16(17)19(21)22)13-4-7-15(8-5-13)25(23,24)18-10-2-1-3-11-18/h4-9,12,20H,1-3,10-11H2. The molecular weight excluding hydrogens is 344 g/mol. The van der Waals surface area contributed by atoms with Crippen LogP contribution in [0, 0.1) is 10.1 Å². The van der Waals surface area contributed by atoms with E-state index in [4.69, 9.17) is 0 Å². The van der Waals surface area contributed by atoms with E-state index >= 15 is 0 Å². The topological polar surface area (TPSA) is 101 Å². The average Bonchev–Trinajstić information content (AvgIpc) is 2.63. The van der Waals surface area contributed by atoms with Gasteiger partial charge < -0.3 is 5.11 Å². The van der Waals surface area contributed by atoms with E-state index in [1.807, 2.05) is 0 Å². The Morgan fingerprint density at radius 1 is 0.960 bits per heavy atom. The second kappa shape index (κ2) is 6.81. The molecular formula is C17H18N2O5S. The summed E-state index contributed by atoms with van der Waals surface area (Å²) < 4.78 is 26.8. The average molecular weight is 362 g/mol. The maximum atomic E-state index is 12.6. The molecule has 8 heteroatoms. The van der Waals surface area contributed by atoms with Crippen LogP contribution >= 0.6 is 0 Å². The minimum Gasteiger partial charge on any atom is -0.502 e. The van der Waals surface area contributed by atoms with Crippen LogP contribution in [0.1, 0.15) is 19.3 Å². The van der Waals surface area contributed by atoms with Crippen molar-refractivity contribution in [2.24, 2.45) is 0 Å². The van der Waals surface area contributed by atoms with Gasteiger partial charge >= 0.3 is 5.69 Å². The van der Waals surface area contributed by atoms with Crippen molar-refractivity contribution in [1.82, 2.24) is 4.31 Å². The lowest BCUT2D eigenvalue weighted by Gasteiger charge is -2.25. The van der Waals surface area contributed by atoms with Gasteiger partial charge in [0, 0.05) is 19.2 Å². The van der Waals surface area contributed by atoms with Gasteiger partial charge in [-0.3, -0.25) is 10.1 Å². The Labute approximate surface area is 145 Å². The lowest BCUT2D eigenvalue weighted by atomic mass is 10.1. The molecule has 1 saturated heterocycles. The third-order valence-corrected chi connectivity index (χ3v) is 6.23. The smallest absolute Gasteiger partial charge is 0.311 e. The third kappa shape index (κ3) is 3.49. The summed E-state index contributed by atoms with van der Waals surface area (Å²) in [5, 5.41) is 20.4. The normalized spacial score (nSPS) is 15.8.